The first kappa shape index (κ1) is 19.4. The fourth-order valence-electron chi connectivity index (χ4n) is 2.28. The number of amides is 2. The van der Waals surface area contributed by atoms with Gasteiger partial charge in [0.1, 0.15) is 5.56 Å². The molecule has 7 nitrogen and oxygen atoms in total. The first-order valence-electron chi connectivity index (χ1n) is 8.11. The highest BCUT2D eigenvalue weighted by atomic mass is 32.1. The van der Waals surface area contributed by atoms with Crippen molar-refractivity contribution in [3.8, 4) is 0 Å². The normalized spacial score (nSPS) is 10.5. The van der Waals surface area contributed by atoms with E-state index >= 15 is 0 Å². The first-order valence-corrected chi connectivity index (χ1v) is 8.98. The molecule has 0 bridgehead atoms. The molecular formula is C18H14F2N4O3S. The minimum absolute atomic E-state index is 0.0369. The average Bonchev–Trinajstić information content (AvgIpc) is 3.11. The van der Waals surface area contributed by atoms with Gasteiger partial charge in [-0.05, 0) is 30.7 Å². The van der Waals surface area contributed by atoms with Gasteiger partial charge in [-0.15, -0.1) is 11.3 Å². The molecule has 1 aromatic carbocycles. The number of halogens is 2. The van der Waals surface area contributed by atoms with Crippen LogP contribution in [0.3, 0.4) is 0 Å². The maximum Gasteiger partial charge on any atom is 0.263 e. The average molecular weight is 404 g/mol. The van der Waals surface area contributed by atoms with Crippen molar-refractivity contribution in [2.45, 2.75) is 12.8 Å². The molecule has 2 amide bonds. The smallest absolute Gasteiger partial charge is 0.263 e. The van der Waals surface area contributed by atoms with Crippen LogP contribution in [0.15, 0.2) is 46.7 Å². The van der Waals surface area contributed by atoms with E-state index in [0.717, 1.165) is 23.5 Å². The highest BCUT2D eigenvalue weighted by molar-refractivity contribution is 7.14. The molecule has 0 atom stereocenters. The zero-order chi connectivity index (χ0) is 20.1. The lowest BCUT2D eigenvalue weighted by Crippen LogP contribution is -2.22. The Hall–Kier alpha value is -3.40. The van der Waals surface area contributed by atoms with E-state index in [-0.39, 0.29) is 30.0 Å². The van der Waals surface area contributed by atoms with E-state index in [1.54, 1.807) is 5.38 Å². The number of H-pyrrole nitrogens is 1. The van der Waals surface area contributed by atoms with Gasteiger partial charge in [0.2, 0.25) is 5.91 Å². The summed E-state index contributed by atoms with van der Waals surface area (Å²) >= 11 is 1.16. The molecule has 0 aliphatic rings. The Labute approximate surface area is 161 Å². The number of carbonyl (C=O) groups is 2. The molecule has 0 fully saturated rings. The lowest BCUT2D eigenvalue weighted by atomic mass is 10.2. The Morgan fingerprint density at radius 2 is 1.96 bits per heavy atom. The van der Waals surface area contributed by atoms with Crippen LogP contribution >= 0.6 is 11.3 Å². The summed E-state index contributed by atoms with van der Waals surface area (Å²) < 4.78 is 26.0. The van der Waals surface area contributed by atoms with Gasteiger partial charge in [-0.3, -0.25) is 19.7 Å². The number of rotatable bonds is 6. The van der Waals surface area contributed by atoms with Gasteiger partial charge in [-0.25, -0.2) is 13.8 Å². The Morgan fingerprint density at radius 1 is 1.14 bits per heavy atom. The fourth-order valence-corrected chi connectivity index (χ4v) is 3.02. The quantitative estimate of drug-likeness (QED) is 0.588. The highest BCUT2D eigenvalue weighted by Gasteiger charge is 2.13. The molecule has 2 heterocycles. The third-order valence-corrected chi connectivity index (χ3v) is 4.45. The van der Waals surface area contributed by atoms with Crippen molar-refractivity contribution in [3.05, 3.63) is 75.2 Å². The van der Waals surface area contributed by atoms with Crippen LogP contribution in [-0.2, 0) is 11.2 Å². The maximum atomic E-state index is 13.1. The van der Waals surface area contributed by atoms with Gasteiger partial charge in [0, 0.05) is 29.8 Å². The standard InChI is InChI=1S/C18H14F2N4O3S/c19-13-5-3-10(8-14(13)20)22-15(25)6-4-11-9-28-18(23-11)24-17(27)12-2-1-7-21-16(12)26/h1-3,5,7-9H,4,6H2,(H,21,26)(H,22,25)(H,23,24,27). The number of pyridine rings is 1. The minimum atomic E-state index is -1.05. The molecule has 144 valence electrons. The number of nitrogens with zero attached hydrogens (tertiary/aromatic N) is 1. The predicted octanol–water partition coefficient (Wildman–Crippen LogP) is 2.93. The lowest BCUT2D eigenvalue weighted by molar-refractivity contribution is -0.116. The largest absolute Gasteiger partial charge is 0.328 e. The summed E-state index contributed by atoms with van der Waals surface area (Å²) in [5, 5.41) is 6.97. The molecule has 10 heteroatoms. The van der Waals surface area contributed by atoms with Crippen LogP contribution in [0, 0.1) is 11.6 Å². The predicted molar refractivity (Wildman–Crippen MR) is 100 cm³/mol. The molecule has 0 spiro atoms. The molecule has 0 saturated carbocycles. The number of aryl methyl sites for hydroxylation is 1. The van der Waals surface area contributed by atoms with Gasteiger partial charge in [-0.1, -0.05) is 0 Å². The van der Waals surface area contributed by atoms with E-state index in [0.29, 0.717) is 10.8 Å². The number of aromatic nitrogens is 2. The van der Waals surface area contributed by atoms with Crippen molar-refractivity contribution in [2.75, 3.05) is 10.6 Å². The summed E-state index contributed by atoms with van der Waals surface area (Å²) in [7, 11) is 0. The van der Waals surface area contributed by atoms with Crippen molar-refractivity contribution in [1.29, 1.82) is 0 Å². The van der Waals surface area contributed by atoms with E-state index in [4.69, 9.17) is 0 Å². The molecule has 2 aromatic heterocycles. The van der Waals surface area contributed by atoms with Gasteiger partial charge in [0.25, 0.3) is 11.5 Å². The lowest BCUT2D eigenvalue weighted by Gasteiger charge is -2.05. The van der Waals surface area contributed by atoms with Crippen molar-refractivity contribution >= 4 is 34.0 Å². The van der Waals surface area contributed by atoms with Gasteiger partial charge >= 0.3 is 0 Å². The zero-order valence-electron chi connectivity index (χ0n) is 14.3. The van der Waals surface area contributed by atoms with Gasteiger partial charge in [-0.2, -0.15) is 0 Å². The van der Waals surface area contributed by atoms with Crippen molar-refractivity contribution in [2.24, 2.45) is 0 Å². The minimum Gasteiger partial charge on any atom is -0.328 e. The van der Waals surface area contributed by atoms with Crippen LogP contribution in [-0.4, -0.2) is 21.8 Å². The van der Waals surface area contributed by atoms with Gasteiger partial charge < -0.3 is 10.3 Å². The molecule has 3 rings (SSSR count). The first-order chi connectivity index (χ1) is 13.4. The summed E-state index contributed by atoms with van der Waals surface area (Å²) in [6.07, 6.45) is 1.77. The van der Waals surface area contributed by atoms with E-state index in [9.17, 15) is 23.2 Å². The third kappa shape index (κ3) is 4.86. The van der Waals surface area contributed by atoms with Crippen LogP contribution in [0.4, 0.5) is 19.6 Å². The number of hydrogen-bond acceptors (Lipinski definition) is 5. The highest BCUT2D eigenvalue weighted by Crippen LogP contribution is 2.18. The van der Waals surface area contributed by atoms with Gasteiger partial charge in [0.15, 0.2) is 16.8 Å². The number of anilines is 2. The summed E-state index contributed by atoms with van der Waals surface area (Å²) in [6.45, 7) is 0. The second-order valence-electron chi connectivity index (χ2n) is 5.69. The zero-order valence-corrected chi connectivity index (χ0v) is 15.1. The van der Waals surface area contributed by atoms with Crippen LogP contribution in [0.25, 0.3) is 0 Å². The second kappa shape index (κ2) is 8.53. The van der Waals surface area contributed by atoms with Crippen LogP contribution in [0.2, 0.25) is 0 Å². The molecule has 0 aliphatic carbocycles. The van der Waals surface area contributed by atoms with Crippen LogP contribution in [0.5, 0.6) is 0 Å². The Kier molecular flexibility index (Phi) is 5.90. The topological polar surface area (TPSA) is 104 Å². The molecule has 3 aromatic rings. The Morgan fingerprint density at radius 3 is 2.71 bits per heavy atom. The SMILES string of the molecule is O=C(CCc1csc(NC(=O)c2ccc[nH]c2=O)n1)Nc1ccc(F)c(F)c1. The molecule has 0 aliphatic heterocycles. The molecule has 0 radical (unpaired) electrons. The van der Waals surface area contributed by atoms with Crippen molar-refractivity contribution in [3.63, 3.8) is 0 Å². The summed E-state index contributed by atoms with van der Waals surface area (Å²) in [4.78, 5) is 42.2. The molecule has 28 heavy (non-hydrogen) atoms. The molecule has 3 N–H and O–H groups in total. The van der Waals surface area contributed by atoms with Crippen LogP contribution < -0.4 is 16.2 Å². The number of benzene rings is 1. The van der Waals surface area contributed by atoms with E-state index in [1.807, 2.05) is 0 Å². The number of carbonyl (C=O) groups excluding carboxylic acids is 2. The van der Waals surface area contributed by atoms with E-state index in [2.05, 4.69) is 20.6 Å². The number of hydrogen-bond donors (Lipinski definition) is 3. The third-order valence-electron chi connectivity index (χ3n) is 3.65. The van der Waals surface area contributed by atoms with Crippen molar-refractivity contribution in [1.82, 2.24) is 9.97 Å². The summed E-state index contributed by atoms with van der Waals surface area (Å²) in [5.74, 6) is -3.01. The number of nitrogens with one attached hydrogen (secondary N) is 3. The number of thiazole rings is 1. The Balaban J connectivity index is 1.53. The summed E-state index contributed by atoms with van der Waals surface area (Å²) in [6, 6.07) is 6.02. The fraction of sp³-hybridized carbons (Fsp3) is 0.111. The van der Waals surface area contributed by atoms with E-state index in [1.165, 1.54) is 24.4 Å². The number of aromatic amines is 1. The summed E-state index contributed by atoms with van der Waals surface area (Å²) in [5.41, 5.74) is 0.182. The molecule has 0 saturated heterocycles. The van der Waals surface area contributed by atoms with Crippen molar-refractivity contribution < 1.29 is 18.4 Å². The molecule has 0 unspecified atom stereocenters. The Bertz CT molecular complexity index is 1080. The van der Waals surface area contributed by atoms with E-state index < -0.39 is 23.1 Å². The van der Waals surface area contributed by atoms with Gasteiger partial charge in [0.05, 0.1) is 5.69 Å². The maximum absolute atomic E-state index is 13.1. The molecular weight excluding hydrogens is 390 g/mol. The second-order valence-corrected chi connectivity index (χ2v) is 6.55. The van der Waals surface area contributed by atoms with Crippen LogP contribution in [0.1, 0.15) is 22.5 Å². The monoisotopic (exact) mass is 404 g/mol.